The lowest BCUT2D eigenvalue weighted by molar-refractivity contribution is 0.131. The van der Waals surface area contributed by atoms with E-state index < -0.39 is 0 Å². The third-order valence-corrected chi connectivity index (χ3v) is 4.77. The van der Waals surface area contributed by atoms with Crippen molar-refractivity contribution in [1.29, 1.82) is 0 Å². The van der Waals surface area contributed by atoms with Crippen LogP contribution in [-0.2, 0) is 12.0 Å². The zero-order chi connectivity index (χ0) is 14.0. The summed E-state index contributed by atoms with van der Waals surface area (Å²) in [6.07, 6.45) is 1.20. The molecule has 0 aliphatic carbocycles. The number of hydrogen-bond donors (Lipinski definition) is 1. The maximum atomic E-state index is 4.82. The van der Waals surface area contributed by atoms with Gasteiger partial charge in [0.2, 0.25) is 0 Å². The first-order valence-electron chi connectivity index (χ1n) is 7.32. The lowest BCUT2D eigenvalue weighted by atomic mass is 9.93. The predicted octanol–water partition coefficient (Wildman–Crippen LogP) is 3.01. The molecule has 108 valence electrons. The fourth-order valence-corrected chi connectivity index (χ4v) is 3.43. The van der Waals surface area contributed by atoms with Gasteiger partial charge >= 0.3 is 0 Å². The molecule has 1 N–H and O–H groups in total. The molecule has 3 nitrogen and oxygen atoms in total. The molecule has 0 aromatic carbocycles. The second-order valence-corrected chi connectivity index (χ2v) is 7.61. The van der Waals surface area contributed by atoms with Gasteiger partial charge in [-0.2, -0.15) is 0 Å². The minimum Gasteiger partial charge on any atom is -0.311 e. The monoisotopic (exact) mass is 281 g/mol. The van der Waals surface area contributed by atoms with E-state index in [1.54, 1.807) is 0 Å². The summed E-state index contributed by atoms with van der Waals surface area (Å²) < 4.78 is 0. The van der Waals surface area contributed by atoms with E-state index in [-0.39, 0.29) is 5.41 Å². The van der Waals surface area contributed by atoms with E-state index in [1.807, 2.05) is 11.3 Å². The molecular formula is C15H27N3S. The molecule has 1 aliphatic heterocycles. The molecule has 2 atom stereocenters. The Hall–Kier alpha value is -0.450. The van der Waals surface area contributed by atoms with Gasteiger partial charge in [0, 0.05) is 36.0 Å². The molecule has 2 rings (SSSR count). The third kappa shape index (κ3) is 3.77. The maximum absolute atomic E-state index is 4.82. The van der Waals surface area contributed by atoms with Crippen LogP contribution in [0.2, 0.25) is 0 Å². The van der Waals surface area contributed by atoms with E-state index in [1.165, 1.54) is 17.1 Å². The highest BCUT2D eigenvalue weighted by atomic mass is 32.1. The molecule has 0 radical (unpaired) electrons. The average Bonchev–Trinajstić information content (AvgIpc) is 2.80. The second kappa shape index (κ2) is 5.90. The maximum Gasteiger partial charge on any atom is 0.107 e. The summed E-state index contributed by atoms with van der Waals surface area (Å²) in [5, 5.41) is 7.08. The van der Waals surface area contributed by atoms with Gasteiger partial charge in [0.1, 0.15) is 5.01 Å². The van der Waals surface area contributed by atoms with Gasteiger partial charge in [0.25, 0.3) is 0 Å². The number of thiazole rings is 1. The number of rotatable bonds is 3. The number of nitrogens with zero attached hydrogens (tertiary/aromatic N) is 2. The number of hydrogen-bond acceptors (Lipinski definition) is 4. The van der Waals surface area contributed by atoms with Gasteiger partial charge in [-0.1, -0.05) is 27.7 Å². The average molecular weight is 281 g/mol. The lowest BCUT2D eigenvalue weighted by Gasteiger charge is -2.38. The van der Waals surface area contributed by atoms with Crippen LogP contribution in [0.1, 0.15) is 51.7 Å². The summed E-state index contributed by atoms with van der Waals surface area (Å²) in [5.74, 6) is 0. The van der Waals surface area contributed by atoms with Gasteiger partial charge < -0.3 is 5.32 Å². The van der Waals surface area contributed by atoms with Gasteiger partial charge in [0.05, 0.1) is 12.2 Å². The standard InChI is InChI=1S/C15H27N3S/c1-6-12-8-18(11(2)7-16-12)9-14-17-13(10-19-14)15(3,4)5/h10-12,16H,6-9H2,1-5H3. The van der Waals surface area contributed by atoms with Crippen LogP contribution in [0.3, 0.4) is 0 Å². The molecule has 1 fully saturated rings. The van der Waals surface area contributed by atoms with Crippen LogP contribution in [-0.4, -0.2) is 35.1 Å². The van der Waals surface area contributed by atoms with Crippen molar-refractivity contribution in [3.05, 3.63) is 16.1 Å². The molecule has 2 heterocycles. The van der Waals surface area contributed by atoms with E-state index >= 15 is 0 Å². The zero-order valence-electron chi connectivity index (χ0n) is 12.9. The second-order valence-electron chi connectivity index (χ2n) is 6.67. The quantitative estimate of drug-likeness (QED) is 0.923. The largest absolute Gasteiger partial charge is 0.311 e. The first-order chi connectivity index (χ1) is 8.90. The van der Waals surface area contributed by atoms with Crippen molar-refractivity contribution in [1.82, 2.24) is 15.2 Å². The smallest absolute Gasteiger partial charge is 0.107 e. The van der Waals surface area contributed by atoms with Crippen molar-refractivity contribution in [2.45, 2.75) is 65.1 Å². The van der Waals surface area contributed by atoms with Gasteiger partial charge in [-0.3, -0.25) is 4.90 Å². The molecule has 19 heavy (non-hydrogen) atoms. The number of piperazine rings is 1. The van der Waals surface area contributed by atoms with Gasteiger partial charge in [0.15, 0.2) is 0 Å². The lowest BCUT2D eigenvalue weighted by Crippen LogP contribution is -2.54. The Morgan fingerprint density at radius 1 is 1.47 bits per heavy atom. The summed E-state index contributed by atoms with van der Waals surface area (Å²) in [7, 11) is 0. The molecule has 4 heteroatoms. The van der Waals surface area contributed by atoms with E-state index in [9.17, 15) is 0 Å². The van der Waals surface area contributed by atoms with Crippen LogP contribution >= 0.6 is 11.3 Å². The summed E-state index contributed by atoms with van der Waals surface area (Å²) in [6, 6.07) is 1.24. The van der Waals surface area contributed by atoms with E-state index in [4.69, 9.17) is 4.98 Å². The van der Waals surface area contributed by atoms with Crippen molar-refractivity contribution in [3.63, 3.8) is 0 Å². The zero-order valence-corrected chi connectivity index (χ0v) is 13.7. The Balaban J connectivity index is 2.01. The fourth-order valence-electron chi connectivity index (χ4n) is 2.39. The summed E-state index contributed by atoms with van der Waals surface area (Å²) in [4.78, 5) is 7.38. The van der Waals surface area contributed by atoms with Crippen LogP contribution in [0.5, 0.6) is 0 Å². The highest BCUT2D eigenvalue weighted by molar-refractivity contribution is 7.09. The van der Waals surface area contributed by atoms with Gasteiger partial charge in [-0.05, 0) is 13.3 Å². The number of nitrogens with one attached hydrogen (secondary N) is 1. The van der Waals surface area contributed by atoms with Crippen LogP contribution in [0.25, 0.3) is 0 Å². The van der Waals surface area contributed by atoms with Crippen molar-refractivity contribution in [2.75, 3.05) is 13.1 Å². The fraction of sp³-hybridized carbons (Fsp3) is 0.800. The van der Waals surface area contributed by atoms with Crippen molar-refractivity contribution in [2.24, 2.45) is 0 Å². The van der Waals surface area contributed by atoms with Crippen LogP contribution < -0.4 is 5.32 Å². The summed E-state index contributed by atoms with van der Waals surface area (Å²) in [6.45, 7) is 14.5. The Morgan fingerprint density at radius 3 is 2.79 bits per heavy atom. The van der Waals surface area contributed by atoms with Crippen LogP contribution in [0.4, 0.5) is 0 Å². The minimum absolute atomic E-state index is 0.162. The topological polar surface area (TPSA) is 28.2 Å². The van der Waals surface area contributed by atoms with Crippen molar-refractivity contribution >= 4 is 11.3 Å². The minimum atomic E-state index is 0.162. The Kier molecular flexibility index (Phi) is 4.64. The highest BCUT2D eigenvalue weighted by Gasteiger charge is 2.25. The molecule has 0 spiro atoms. The first-order valence-corrected chi connectivity index (χ1v) is 8.20. The normalized spacial score (nSPS) is 25.7. The van der Waals surface area contributed by atoms with Gasteiger partial charge in [-0.25, -0.2) is 4.98 Å². The van der Waals surface area contributed by atoms with Crippen molar-refractivity contribution < 1.29 is 0 Å². The molecule has 1 aromatic rings. The first kappa shape index (κ1) is 14.9. The Bertz CT molecular complexity index is 408. The molecule has 2 unspecified atom stereocenters. The van der Waals surface area contributed by atoms with Crippen molar-refractivity contribution in [3.8, 4) is 0 Å². The van der Waals surface area contributed by atoms with Crippen LogP contribution in [0, 0.1) is 0 Å². The SMILES string of the molecule is CCC1CN(Cc2nc(C(C)(C)C)cs2)C(C)CN1. The summed E-state index contributed by atoms with van der Waals surface area (Å²) in [5.41, 5.74) is 1.39. The van der Waals surface area contributed by atoms with Gasteiger partial charge in [-0.15, -0.1) is 11.3 Å². The number of aromatic nitrogens is 1. The molecule has 1 aliphatic rings. The highest BCUT2D eigenvalue weighted by Crippen LogP contribution is 2.25. The Morgan fingerprint density at radius 2 is 2.21 bits per heavy atom. The molecule has 1 aromatic heterocycles. The summed E-state index contributed by atoms with van der Waals surface area (Å²) >= 11 is 1.81. The predicted molar refractivity (Wildman–Crippen MR) is 82.8 cm³/mol. The van der Waals surface area contributed by atoms with Crippen LogP contribution in [0.15, 0.2) is 5.38 Å². The molecule has 0 amide bonds. The van der Waals surface area contributed by atoms with E-state index in [0.717, 1.165) is 19.6 Å². The molecule has 1 saturated heterocycles. The third-order valence-electron chi connectivity index (χ3n) is 3.93. The van der Waals surface area contributed by atoms with E-state index in [0.29, 0.717) is 12.1 Å². The van der Waals surface area contributed by atoms with E-state index in [2.05, 4.69) is 50.2 Å². The molecular weight excluding hydrogens is 254 g/mol. The Labute approximate surface area is 121 Å². The molecule has 0 bridgehead atoms. The molecule has 0 saturated carbocycles.